The van der Waals surface area contributed by atoms with E-state index in [-0.39, 0.29) is 17.8 Å². The molecule has 1 saturated heterocycles. The van der Waals surface area contributed by atoms with Crippen molar-refractivity contribution in [2.24, 2.45) is 4.74 Å². The Kier molecular flexibility index (Phi) is 5.92. The number of rotatable bonds is 6. The molecule has 0 aromatic heterocycles. The van der Waals surface area contributed by atoms with E-state index in [0.29, 0.717) is 19.8 Å². The van der Waals surface area contributed by atoms with Crippen molar-refractivity contribution in [1.29, 1.82) is 0 Å². The topological polar surface area (TPSA) is 77.2 Å². The second kappa shape index (κ2) is 7.53. The number of benzene rings is 1. The van der Waals surface area contributed by atoms with Crippen LogP contribution in [0, 0.1) is 10.1 Å². The summed E-state index contributed by atoms with van der Waals surface area (Å²) in [5.41, 5.74) is 0.985. The molecule has 0 saturated carbocycles. The lowest BCUT2D eigenvalue weighted by atomic mass is 10.2. The molecule has 1 aliphatic rings. The summed E-state index contributed by atoms with van der Waals surface area (Å²) in [5, 5.41) is 10.7. The van der Waals surface area contributed by atoms with Crippen molar-refractivity contribution in [3.8, 4) is 0 Å². The van der Waals surface area contributed by atoms with Crippen molar-refractivity contribution in [3.63, 3.8) is 0 Å². The number of nitro benzene ring substituents is 1. The number of hydrogen-bond donors (Lipinski definition) is 0. The van der Waals surface area contributed by atoms with E-state index in [1.54, 1.807) is 12.1 Å². The first kappa shape index (κ1) is 18.1. The van der Waals surface area contributed by atoms with Gasteiger partial charge >= 0.3 is 0 Å². The SMILES string of the molecule is CC(C)N(C(C)C)P1(=NCc2ccc([N+](=O)[O-])cc2)OCCO1. The predicted molar refractivity (Wildman–Crippen MR) is 90.2 cm³/mol. The summed E-state index contributed by atoms with van der Waals surface area (Å²) < 4.78 is 18.9. The zero-order valence-electron chi connectivity index (χ0n) is 14.0. The smallest absolute Gasteiger partial charge is 0.291 e. The molecule has 1 aromatic carbocycles. The predicted octanol–water partition coefficient (Wildman–Crippen LogP) is 4.21. The molecule has 0 amide bonds. The normalized spacial score (nSPS) is 17.2. The van der Waals surface area contributed by atoms with Crippen LogP contribution in [-0.2, 0) is 15.6 Å². The van der Waals surface area contributed by atoms with Crippen LogP contribution in [0.2, 0.25) is 0 Å². The molecule has 7 nitrogen and oxygen atoms in total. The first-order valence-electron chi connectivity index (χ1n) is 7.75. The van der Waals surface area contributed by atoms with E-state index in [1.807, 2.05) is 0 Å². The van der Waals surface area contributed by atoms with Gasteiger partial charge in [0.25, 0.3) is 13.3 Å². The molecule has 8 heteroatoms. The monoisotopic (exact) mass is 341 g/mol. The van der Waals surface area contributed by atoms with E-state index in [0.717, 1.165) is 5.56 Å². The van der Waals surface area contributed by atoms with Gasteiger partial charge in [0.2, 0.25) is 0 Å². The van der Waals surface area contributed by atoms with Gasteiger partial charge in [-0.2, -0.15) is 0 Å². The highest BCUT2D eigenvalue weighted by Crippen LogP contribution is 2.60. The van der Waals surface area contributed by atoms with Crippen LogP contribution < -0.4 is 0 Å². The van der Waals surface area contributed by atoms with E-state index in [9.17, 15) is 10.1 Å². The lowest BCUT2D eigenvalue weighted by molar-refractivity contribution is -0.384. The summed E-state index contributed by atoms with van der Waals surface area (Å²) in [7, 11) is -2.44. The van der Waals surface area contributed by atoms with E-state index < -0.39 is 12.6 Å². The third-order valence-corrected chi connectivity index (χ3v) is 6.58. The van der Waals surface area contributed by atoms with E-state index in [4.69, 9.17) is 13.8 Å². The molecule has 23 heavy (non-hydrogen) atoms. The Morgan fingerprint density at radius 2 is 1.70 bits per heavy atom. The number of nitrogens with zero attached hydrogens (tertiary/aromatic N) is 3. The second-order valence-corrected chi connectivity index (χ2v) is 8.19. The average Bonchev–Trinajstić information content (AvgIpc) is 2.94. The van der Waals surface area contributed by atoms with Gasteiger partial charge in [-0.1, -0.05) is 12.1 Å². The molecule has 0 N–H and O–H groups in total. The lowest BCUT2D eigenvalue weighted by Gasteiger charge is -2.36. The van der Waals surface area contributed by atoms with Crippen molar-refractivity contribution >= 4 is 13.3 Å². The fourth-order valence-corrected chi connectivity index (χ4v) is 5.50. The van der Waals surface area contributed by atoms with Crippen LogP contribution in [0.1, 0.15) is 33.3 Å². The van der Waals surface area contributed by atoms with Gasteiger partial charge in [-0.25, -0.2) is 9.42 Å². The minimum absolute atomic E-state index is 0.0811. The highest BCUT2D eigenvalue weighted by molar-refractivity contribution is 7.54. The summed E-state index contributed by atoms with van der Waals surface area (Å²) >= 11 is 0. The van der Waals surface area contributed by atoms with Gasteiger partial charge in [-0.15, -0.1) is 0 Å². The Morgan fingerprint density at radius 1 is 1.17 bits per heavy atom. The van der Waals surface area contributed by atoms with Gasteiger partial charge in [0.1, 0.15) is 0 Å². The molecule has 1 aliphatic heterocycles. The van der Waals surface area contributed by atoms with Crippen LogP contribution >= 0.6 is 7.66 Å². The standard InChI is InChI=1S/C15H24N3O4P/c1-12(2)17(13(3)4)23(21-9-10-22-23)16-11-14-5-7-15(8-6-14)18(19)20/h5-8,12-13H,9-11H2,1-4H3. The Labute approximate surface area is 137 Å². The van der Waals surface area contributed by atoms with Crippen molar-refractivity contribution in [2.45, 2.75) is 46.3 Å². The minimum atomic E-state index is -2.44. The highest BCUT2D eigenvalue weighted by Gasteiger charge is 2.38. The third-order valence-electron chi connectivity index (χ3n) is 3.53. The molecule has 0 radical (unpaired) electrons. The molecule has 0 spiro atoms. The molecular formula is C15H24N3O4P. The maximum absolute atomic E-state index is 10.7. The van der Waals surface area contributed by atoms with Crippen molar-refractivity contribution in [1.82, 2.24) is 4.67 Å². The quantitative estimate of drug-likeness (QED) is 0.440. The summed E-state index contributed by atoms with van der Waals surface area (Å²) in [6.07, 6.45) is 0. The average molecular weight is 341 g/mol. The Hall–Kier alpha value is -1.27. The van der Waals surface area contributed by atoms with E-state index in [2.05, 4.69) is 32.4 Å². The maximum atomic E-state index is 10.7. The molecule has 2 rings (SSSR count). The Bertz CT molecular complexity index is 583. The highest BCUT2D eigenvalue weighted by atomic mass is 31.2. The molecule has 0 unspecified atom stereocenters. The Morgan fingerprint density at radius 3 is 2.13 bits per heavy atom. The van der Waals surface area contributed by atoms with Gasteiger partial charge in [-0.3, -0.25) is 10.1 Å². The van der Waals surface area contributed by atoms with E-state index in [1.165, 1.54) is 12.1 Å². The van der Waals surface area contributed by atoms with Gasteiger partial charge in [0.05, 0.1) is 24.7 Å². The van der Waals surface area contributed by atoms with Crippen molar-refractivity contribution in [2.75, 3.05) is 13.2 Å². The second-order valence-electron chi connectivity index (χ2n) is 5.95. The van der Waals surface area contributed by atoms with Crippen LogP contribution in [0.5, 0.6) is 0 Å². The lowest BCUT2D eigenvalue weighted by Crippen LogP contribution is -2.34. The number of hydrogen-bond acceptors (Lipinski definition) is 5. The maximum Gasteiger partial charge on any atom is 0.291 e. The molecule has 1 fully saturated rings. The zero-order chi connectivity index (χ0) is 17.0. The van der Waals surface area contributed by atoms with Gasteiger partial charge in [-0.05, 0) is 33.3 Å². The molecule has 128 valence electrons. The van der Waals surface area contributed by atoms with Crippen LogP contribution in [0.4, 0.5) is 5.69 Å². The number of non-ortho nitro benzene ring substituents is 1. The molecule has 0 atom stereocenters. The van der Waals surface area contributed by atoms with Gasteiger partial charge in [0.15, 0.2) is 0 Å². The summed E-state index contributed by atoms with van der Waals surface area (Å²) in [6, 6.07) is 6.94. The number of nitro groups is 1. The third kappa shape index (κ3) is 4.18. The van der Waals surface area contributed by atoms with E-state index >= 15 is 0 Å². The molecule has 1 aromatic rings. The zero-order valence-corrected chi connectivity index (χ0v) is 14.9. The van der Waals surface area contributed by atoms with Crippen LogP contribution in [-0.4, -0.2) is 34.9 Å². The fraction of sp³-hybridized carbons (Fsp3) is 0.600. The van der Waals surface area contributed by atoms with Gasteiger partial charge < -0.3 is 9.05 Å². The minimum Gasteiger partial charge on any atom is -0.310 e. The Balaban J connectivity index is 2.26. The van der Waals surface area contributed by atoms with Crippen LogP contribution in [0.15, 0.2) is 29.0 Å². The molecule has 0 bridgehead atoms. The first-order valence-corrected chi connectivity index (χ1v) is 9.28. The van der Waals surface area contributed by atoms with Crippen LogP contribution in [0.25, 0.3) is 0 Å². The summed E-state index contributed by atoms with van der Waals surface area (Å²) in [6.45, 7) is 9.94. The van der Waals surface area contributed by atoms with Gasteiger partial charge in [0, 0.05) is 24.2 Å². The van der Waals surface area contributed by atoms with Crippen LogP contribution in [0.3, 0.4) is 0 Å². The van der Waals surface area contributed by atoms with Crippen molar-refractivity contribution < 1.29 is 14.0 Å². The van der Waals surface area contributed by atoms with Crippen molar-refractivity contribution in [3.05, 3.63) is 39.9 Å². The molecule has 1 heterocycles. The summed E-state index contributed by atoms with van der Waals surface area (Å²) in [4.78, 5) is 10.3. The molecular weight excluding hydrogens is 317 g/mol. The molecule has 0 aliphatic carbocycles. The summed E-state index contributed by atoms with van der Waals surface area (Å²) in [5.74, 6) is 0. The first-order chi connectivity index (χ1) is 10.9. The largest absolute Gasteiger partial charge is 0.310 e. The fourth-order valence-electron chi connectivity index (χ4n) is 2.71.